The Morgan fingerprint density at radius 1 is 1.05 bits per heavy atom. The van der Waals surface area contributed by atoms with Gasteiger partial charge < -0.3 is 19.5 Å². The molecule has 0 bridgehead atoms. The number of ether oxygens (including phenoxy) is 3. The van der Waals surface area contributed by atoms with E-state index < -0.39 is 6.09 Å². The van der Waals surface area contributed by atoms with Crippen LogP contribution in [-0.2, 0) is 19.0 Å². The van der Waals surface area contributed by atoms with Gasteiger partial charge in [0.15, 0.2) is 0 Å². The summed E-state index contributed by atoms with van der Waals surface area (Å²) in [6.45, 7) is 0.476. The third-order valence-corrected chi connectivity index (χ3v) is 2.19. The number of hydrogen-bond donors (Lipinski definition) is 2. The van der Waals surface area contributed by atoms with Crippen LogP contribution in [0.2, 0.25) is 0 Å². The van der Waals surface area contributed by atoms with Gasteiger partial charge in [-0.15, -0.1) is 0 Å². The van der Waals surface area contributed by atoms with Crippen molar-refractivity contribution in [3.8, 4) is 0 Å². The van der Waals surface area contributed by atoms with Gasteiger partial charge in [0.2, 0.25) is 5.91 Å². The predicted molar refractivity (Wildman–Crippen MR) is 73.8 cm³/mol. The molecular weight excluding hydrogens is 264 g/mol. The maximum Gasteiger partial charge on any atom is 0.411 e. The number of amides is 2. The van der Waals surface area contributed by atoms with Gasteiger partial charge in [0.25, 0.3) is 0 Å². The fraction of sp³-hybridized carbons (Fsp3) is 0.385. The molecule has 0 radical (unpaired) electrons. The Balaban J connectivity index is 2.50. The van der Waals surface area contributed by atoms with E-state index in [1.165, 1.54) is 14.2 Å². The highest BCUT2D eigenvalue weighted by atomic mass is 16.6. The Hall–Kier alpha value is -2.12. The highest BCUT2D eigenvalue weighted by molar-refractivity contribution is 5.93. The zero-order chi connectivity index (χ0) is 14.8. The van der Waals surface area contributed by atoms with Gasteiger partial charge in [0.05, 0.1) is 6.61 Å². The van der Waals surface area contributed by atoms with Crippen molar-refractivity contribution in [1.29, 1.82) is 0 Å². The van der Waals surface area contributed by atoms with Gasteiger partial charge in [-0.3, -0.25) is 10.1 Å². The van der Waals surface area contributed by atoms with Crippen LogP contribution < -0.4 is 10.6 Å². The molecule has 20 heavy (non-hydrogen) atoms. The Bertz CT molecular complexity index is 450. The summed E-state index contributed by atoms with van der Waals surface area (Å²) in [5.41, 5.74) is 1.07. The maximum atomic E-state index is 11.4. The molecule has 0 spiro atoms. The van der Waals surface area contributed by atoms with Gasteiger partial charge in [-0.2, -0.15) is 0 Å². The van der Waals surface area contributed by atoms with Crippen LogP contribution >= 0.6 is 0 Å². The molecule has 1 rings (SSSR count). The van der Waals surface area contributed by atoms with Gasteiger partial charge in [0, 0.05) is 25.6 Å². The number of carbonyl (C=O) groups excluding carboxylic acids is 2. The molecule has 0 aliphatic carbocycles. The molecule has 0 unspecified atom stereocenters. The molecule has 0 fully saturated rings. The zero-order valence-electron chi connectivity index (χ0n) is 11.5. The molecule has 0 atom stereocenters. The molecule has 7 nitrogen and oxygen atoms in total. The normalized spacial score (nSPS) is 9.90. The van der Waals surface area contributed by atoms with E-state index in [1.807, 2.05) is 0 Å². The molecule has 0 saturated carbocycles. The van der Waals surface area contributed by atoms with Crippen LogP contribution in [0.25, 0.3) is 0 Å². The first-order chi connectivity index (χ1) is 9.65. The lowest BCUT2D eigenvalue weighted by Gasteiger charge is -2.09. The predicted octanol–water partition coefficient (Wildman–Crippen LogP) is 1.47. The first kappa shape index (κ1) is 15.9. The Morgan fingerprint density at radius 3 is 2.40 bits per heavy atom. The number of anilines is 2. The second-order valence-corrected chi connectivity index (χ2v) is 3.82. The van der Waals surface area contributed by atoms with Crippen LogP contribution in [0.5, 0.6) is 0 Å². The molecule has 2 N–H and O–H groups in total. The molecular formula is C13H18N2O5. The average molecular weight is 282 g/mol. The highest BCUT2D eigenvalue weighted by Crippen LogP contribution is 2.15. The van der Waals surface area contributed by atoms with Crippen LogP contribution in [0.1, 0.15) is 0 Å². The van der Waals surface area contributed by atoms with E-state index in [9.17, 15) is 9.59 Å². The summed E-state index contributed by atoms with van der Waals surface area (Å²) < 4.78 is 14.3. The molecule has 0 saturated heterocycles. The lowest BCUT2D eigenvalue weighted by molar-refractivity contribution is -0.119. The molecule has 1 aromatic carbocycles. The van der Waals surface area contributed by atoms with E-state index in [2.05, 4.69) is 10.6 Å². The van der Waals surface area contributed by atoms with Crippen LogP contribution in [0, 0.1) is 0 Å². The molecule has 0 aliphatic heterocycles. The number of methoxy groups -OCH3 is 2. The number of nitrogens with one attached hydrogen (secondary N) is 2. The van der Waals surface area contributed by atoms with Crippen LogP contribution in [0.4, 0.5) is 16.2 Å². The number of benzene rings is 1. The van der Waals surface area contributed by atoms with Gasteiger partial charge in [-0.05, 0) is 18.2 Å². The van der Waals surface area contributed by atoms with Crippen LogP contribution in [0.3, 0.4) is 0 Å². The van der Waals surface area contributed by atoms with Crippen molar-refractivity contribution in [2.45, 2.75) is 0 Å². The topological polar surface area (TPSA) is 85.9 Å². The van der Waals surface area contributed by atoms with Crippen molar-refractivity contribution < 1.29 is 23.8 Å². The van der Waals surface area contributed by atoms with Crippen LogP contribution in [0.15, 0.2) is 24.3 Å². The van der Waals surface area contributed by atoms with E-state index in [4.69, 9.17) is 14.2 Å². The Morgan fingerprint density at radius 2 is 1.75 bits per heavy atom. The minimum Gasteiger partial charge on any atom is -0.447 e. The van der Waals surface area contributed by atoms with Crippen molar-refractivity contribution in [3.05, 3.63) is 24.3 Å². The van der Waals surface area contributed by atoms with Crippen LogP contribution in [-0.4, -0.2) is 46.0 Å². The summed E-state index contributed by atoms with van der Waals surface area (Å²) in [7, 11) is 2.96. The quantitative estimate of drug-likeness (QED) is 0.740. The second kappa shape index (κ2) is 8.89. The molecule has 2 amide bonds. The molecule has 0 aliphatic rings. The molecule has 1 aromatic rings. The summed E-state index contributed by atoms with van der Waals surface area (Å²) in [6.07, 6.45) is -0.581. The average Bonchev–Trinajstić information content (AvgIpc) is 2.39. The second-order valence-electron chi connectivity index (χ2n) is 3.82. The fourth-order valence-corrected chi connectivity index (χ4v) is 1.37. The van der Waals surface area contributed by atoms with Gasteiger partial charge in [-0.25, -0.2) is 4.79 Å². The first-order valence-corrected chi connectivity index (χ1v) is 5.97. The van der Waals surface area contributed by atoms with Gasteiger partial charge in [0.1, 0.15) is 13.2 Å². The molecule has 7 heteroatoms. The van der Waals surface area contributed by atoms with Gasteiger partial charge >= 0.3 is 6.09 Å². The van der Waals surface area contributed by atoms with Crippen molar-refractivity contribution in [3.63, 3.8) is 0 Å². The smallest absolute Gasteiger partial charge is 0.411 e. The minimum atomic E-state index is -0.581. The summed E-state index contributed by atoms with van der Waals surface area (Å²) in [4.78, 5) is 22.8. The van der Waals surface area contributed by atoms with Crippen molar-refractivity contribution in [2.75, 3.05) is 44.7 Å². The van der Waals surface area contributed by atoms with E-state index in [1.54, 1.807) is 24.3 Å². The summed E-state index contributed by atoms with van der Waals surface area (Å²) in [5, 5.41) is 5.18. The third-order valence-electron chi connectivity index (χ3n) is 2.19. The summed E-state index contributed by atoms with van der Waals surface area (Å²) >= 11 is 0. The standard InChI is InChI=1S/C13H18N2O5/c1-18-6-7-20-13(17)15-11-5-3-4-10(8-11)14-12(16)9-19-2/h3-5,8H,6-7,9H2,1-2H3,(H,14,16)(H,15,17). The third kappa shape index (κ3) is 6.17. The number of rotatable bonds is 7. The van der Waals surface area contributed by atoms with Gasteiger partial charge in [-0.1, -0.05) is 6.07 Å². The molecule has 110 valence electrons. The van der Waals surface area contributed by atoms with E-state index >= 15 is 0 Å². The SMILES string of the molecule is COCCOC(=O)Nc1cccc(NC(=O)COC)c1. The molecule has 0 heterocycles. The molecule has 0 aromatic heterocycles. The maximum absolute atomic E-state index is 11.4. The van der Waals surface area contributed by atoms with Crippen molar-refractivity contribution >= 4 is 23.4 Å². The van der Waals surface area contributed by atoms with E-state index in [-0.39, 0.29) is 19.1 Å². The van der Waals surface area contributed by atoms with Crippen molar-refractivity contribution in [2.24, 2.45) is 0 Å². The summed E-state index contributed by atoms with van der Waals surface area (Å²) in [6, 6.07) is 6.71. The Kier molecular flexibility index (Phi) is 7.08. The van der Waals surface area contributed by atoms with E-state index in [0.717, 1.165) is 0 Å². The van der Waals surface area contributed by atoms with E-state index in [0.29, 0.717) is 18.0 Å². The number of hydrogen-bond acceptors (Lipinski definition) is 5. The number of carbonyl (C=O) groups is 2. The van der Waals surface area contributed by atoms with Crippen molar-refractivity contribution in [1.82, 2.24) is 0 Å². The minimum absolute atomic E-state index is 0.0310. The first-order valence-electron chi connectivity index (χ1n) is 5.97. The lowest BCUT2D eigenvalue weighted by Crippen LogP contribution is -2.18. The Labute approximate surface area is 117 Å². The largest absolute Gasteiger partial charge is 0.447 e. The zero-order valence-corrected chi connectivity index (χ0v) is 11.5. The lowest BCUT2D eigenvalue weighted by atomic mass is 10.3. The fourth-order valence-electron chi connectivity index (χ4n) is 1.37. The monoisotopic (exact) mass is 282 g/mol. The summed E-state index contributed by atoms with van der Waals surface area (Å²) in [5.74, 6) is -0.271. The highest BCUT2D eigenvalue weighted by Gasteiger charge is 2.05.